The molecule has 1 fully saturated rings. The lowest BCUT2D eigenvalue weighted by Crippen LogP contribution is -2.19. The van der Waals surface area contributed by atoms with Crippen molar-refractivity contribution in [3.8, 4) is 0 Å². The molecule has 2 N–H and O–H groups in total. The van der Waals surface area contributed by atoms with E-state index in [1.165, 1.54) is 25.7 Å². The third kappa shape index (κ3) is 2.75. The highest BCUT2D eigenvalue weighted by Crippen LogP contribution is 2.34. The van der Waals surface area contributed by atoms with Crippen molar-refractivity contribution in [1.29, 1.82) is 0 Å². The van der Waals surface area contributed by atoms with Crippen molar-refractivity contribution < 1.29 is 8.42 Å². The smallest absolute Gasteiger partial charge is 0.178 e. The van der Waals surface area contributed by atoms with Gasteiger partial charge >= 0.3 is 0 Å². The molecule has 1 atom stereocenters. The third-order valence-corrected chi connectivity index (χ3v) is 5.66. The zero-order valence-corrected chi connectivity index (χ0v) is 11.6. The van der Waals surface area contributed by atoms with Crippen LogP contribution in [0.4, 0.5) is 0 Å². The first-order valence-corrected chi connectivity index (χ1v) is 8.28. The summed E-state index contributed by atoms with van der Waals surface area (Å²) in [6.07, 6.45) is 4.91. The Labute approximate surface area is 109 Å². The van der Waals surface area contributed by atoms with Crippen molar-refractivity contribution >= 4 is 9.84 Å². The molecule has 1 aliphatic carbocycles. The summed E-state index contributed by atoms with van der Waals surface area (Å²) in [5, 5.41) is 0. The maximum atomic E-state index is 11.7. The minimum atomic E-state index is -3.10. The predicted octanol–water partition coefficient (Wildman–Crippen LogP) is 2.67. The molecule has 0 heterocycles. The lowest BCUT2D eigenvalue weighted by Gasteiger charge is -2.19. The Morgan fingerprint density at radius 3 is 2.28 bits per heavy atom. The molecule has 1 unspecified atom stereocenters. The summed E-state index contributed by atoms with van der Waals surface area (Å²) < 4.78 is 23.4. The van der Waals surface area contributed by atoms with Gasteiger partial charge < -0.3 is 5.73 Å². The van der Waals surface area contributed by atoms with Crippen LogP contribution in [0.1, 0.15) is 44.2 Å². The Morgan fingerprint density at radius 2 is 1.78 bits per heavy atom. The van der Waals surface area contributed by atoms with Gasteiger partial charge in [-0.3, -0.25) is 0 Å². The molecule has 0 radical (unpaired) electrons. The van der Waals surface area contributed by atoms with Gasteiger partial charge in [0.1, 0.15) is 0 Å². The molecule has 1 aromatic rings. The summed E-state index contributed by atoms with van der Waals surface area (Å²) in [5.41, 5.74) is 7.30. The van der Waals surface area contributed by atoms with Crippen LogP contribution >= 0.6 is 0 Å². The van der Waals surface area contributed by atoms with Gasteiger partial charge in [-0.1, -0.05) is 31.9 Å². The van der Waals surface area contributed by atoms with Crippen molar-refractivity contribution in [2.75, 3.05) is 5.75 Å². The minimum absolute atomic E-state index is 0.0471. The first-order chi connectivity index (χ1) is 8.54. The van der Waals surface area contributed by atoms with E-state index < -0.39 is 9.84 Å². The maximum Gasteiger partial charge on any atom is 0.178 e. The molecule has 0 aromatic heterocycles. The molecule has 1 aliphatic rings. The van der Waals surface area contributed by atoms with Gasteiger partial charge in [-0.05, 0) is 36.5 Å². The minimum Gasteiger partial charge on any atom is -0.324 e. The number of hydrogen-bond donors (Lipinski definition) is 1. The number of nitrogens with two attached hydrogens (primary N) is 1. The first-order valence-electron chi connectivity index (χ1n) is 6.63. The van der Waals surface area contributed by atoms with Crippen LogP contribution in [0.25, 0.3) is 0 Å². The van der Waals surface area contributed by atoms with Gasteiger partial charge in [-0.25, -0.2) is 8.42 Å². The highest BCUT2D eigenvalue weighted by atomic mass is 32.2. The molecule has 0 spiro atoms. The van der Waals surface area contributed by atoms with E-state index in [1.807, 2.05) is 12.1 Å². The van der Waals surface area contributed by atoms with Gasteiger partial charge in [0.05, 0.1) is 10.6 Å². The fourth-order valence-corrected chi connectivity index (χ4v) is 3.54. The lowest BCUT2D eigenvalue weighted by molar-refractivity contribution is 0.445. The van der Waals surface area contributed by atoms with E-state index in [4.69, 9.17) is 5.73 Å². The van der Waals surface area contributed by atoms with Gasteiger partial charge in [0.25, 0.3) is 0 Å². The predicted molar refractivity (Wildman–Crippen MR) is 73.1 cm³/mol. The standard InChI is InChI=1S/C14H21NO2S/c1-2-18(16,17)13-9-7-12(8-10-13)14(15)11-5-3-4-6-11/h7-11,14H,2-6,15H2,1H3. The second-order valence-corrected chi connectivity index (χ2v) is 7.32. The average Bonchev–Trinajstić information content (AvgIpc) is 2.92. The Kier molecular flexibility index (Phi) is 4.07. The molecule has 3 nitrogen and oxygen atoms in total. The summed E-state index contributed by atoms with van der Waals surface area (Å²) in [4.78, 5) is 0.396. The molecule has 0 saturated heterocycles. The molecular weight excluding hydrogens is 246 g/mol. The average molecular weight is 267 g/mol. The van der Waals surface area contributed by atoms with E-state index >= 15 is 0 Å². The quantitative estimate of drug-likeness (QED) is 0.912. The molecule has 18 heavy (non-hydrogen) atoms. The summed E-state index contributed by atoms with van der Waals surface area (Å²) >= 11 is 0. The molecule has 1 saturated carbocycles. The van der Waals surface area contributed by atoms with E-state index in [9.17, 15) is 8.42 Å². The number of rotatable bonds is 4. The van der Waals surface area contributed by atoms with E-state index in [2.05, 4.69) is 0 Å². The van der Waals surface area contributed by atoms with Crippen LogP contribution in [0, 0.1) is 5.92 Å². The van der Waals surface area contributed by atoms with E-state index in [0.29, 0.717) is 10.8 Å². The molecule has 0 amide bonds. The maximum absolute atomic E-state index is 11.7. The van der Waals surface area contributed by atoms with Crippen molar-refractivity contribution in [2.24, 2.45) is 11.7 Å². The van der Waals surface area contributed by atoms with E-state index in [1.54, 1.807) is 19.1 Å². The van der Waals surface area contributed by atoms with Gasteiger partial charge in [0.15, 0.2) is 9.84 Å². The Balaban J connectivity index is 2.17. The van der Waals surface area contributed by atoms with Crippen LogP contribution in [0.15, 0.2) is 29.2 Å². The first kappa shape index (κ1) is 13.6. The summed E-state index contributed by atoms with van der Waals surface area (Å²) in [5.74, 6) is 0.694. The normalized spacial score (nSPS) is 19.0. The Hall–Kier alpha value is -0.870. The molecular formula is C14H21NO2S. The number of benzene rings is 1. The van der Waals surface area contributed by atoms with Crippen molar-refractivity contribution in [1.82, 2.24) is 0 Å². The highest BCUT2D eigenvalue weighted by molar-refractivity contribution is 7.91. The number of sulfone groups is 1. The molecule has 0 bridgehead atoms. The SMILES string of the molecule is CCS(=O)(=O)c1ccc(C(N)C2CCCC2)cc1. The Morgan fingerprint density at radius 1 is 1.22 bits per heavy atom. The lowest BCUT2D eigenvalue weighted by atomic mass is 9.93. The number of hydrogen-bond acceptors (Lipinski definition) is 3. The monoisotopic (exact) mass is 267 g/mol. The van der Waals surface area contributed by atoms with Crippen molar-refractivity contribution in [2.45, 2.75) is 43.5 Å². The van der Waals surface area contributed by atoms with E-state index in [0.717, 1.165) is 5.56 Å². The molecule has 4 heteroatoms. The zero-order valence-electron chi connectivity index (χ0n) is 10.8. The molecule has 100 valence electrons. The van der Waals surface area contributed by atoms with Crippen LogP contribution in [0.2, 0.25) is 0 Å². The topological polar surface area (TPSA) is 60.2 Å². The fraction of sp³-hybridized carbons (Fsp3) is 0.571. The van der Waals surface area contributed by atoms with Gasteiger partial charge in [0, 0.05) is 6.04 Å². The largest absolute Gasteiger partial charge is 0.324 e. The van der Waals surface area contributed by atoms with Gasteiger partial charge in [-0.15, -0.1) is 0 Å². The van der Waals surface area contributed by atoms with Gasteiger partial charge in [-0.2, -0.15) is 0 Å². The third-order valence-electron chi connectivity index (χ3n) is 3.91. The Bertz CT molecular complexity index is 487. The summed E-state index contributed by atoms with van der Waals surface area (Å²) in [6.45, 7) is 1.66. The molecule has 0 aliphatic heterocycles. The van der Waals surface area contributed by atoms with E-state index in [-0.39, 0.29) is 11.8 Å². The highest BCUT2D eigenvalue weighted by Gasteiger charge is 2.23. The van der Waals surface area contributed by atoms with Crippen LogP contribution < -0.4 is 5.73 Å². The van der Waals surface area contributed by atoms with Crippen molar-refractivity contribution in [3.05, 3.63) is 29.8 Å². The fourth-order valence-electron chi connectivity index (χ4n) is 2.65. The van der Waals surface area contributed by atoms with Gasteiger partial charge in [0.2, 0.25) is 0 Å². The van der Waals surface area contributed by atoms with Crippen LogP contribution in [0.3, 0.4) is 0 Å². The molecule has 2 rings (SSSR count). The summed E-state index contributed by atoms with van der Waals surface area (Å²) in [7, 11) is -3.10. The van der Waals surface area contributed by atoms with Crippen LogP contribution in [-0.4, -0.2) is 14.2 Å². The van der Waals surface area contributed by atoms with Crippen LogP contribution in [-0.2, 0) is 9.84 Å². The summed E-state index contributed by atoms with van der Waals surface area (Å²) in [6, 6.07) is 7.15. The van der Waals surface area contributed by atoms with Crippen LogP contribution in [0.5, 0.6) is 0 Å². The second kappa shape index (κ2) is 5.41. The zero-order chi connectivity index (χ0) is 13.2. The molecule has 1 aromatic carbocycles. The van der Waals surface area contributed by atoms with Crippen molar-refractivity contribution in [3.63, 3.8) is 0 Å². The second-order valence-electron chi connectivity index (χ2n) is 5.04.